The van der Waals surface area contributed by atoms with Gasteiger partial charge in [-0.1, -0.05) is 13.8 Å². The lowest BCUT2D eigenvalue weighted by molar-refractivity contribution is 0.494. The van der Waals surface area contributed by atoms with Crippen molar-refractivity contribution in [2.24, 2.45) is 13.0 Å². The van der Waals surface area contributed by atoms with Gasteiger partial charge in [-0.3, -0.25) is 19.0 Å². The second-order valence-corrected chi connectivity index (χ2v) is 5.20. The maximum absolute atomic E-state index is 12.2. The summed E-state index contributed by atoms with van der Waals surface area (Å²) in [4.78, 5) is 28.2. The molecule has 2 aromatic heterocycles. The molecule has 4 N–H and O–H groups in total. The Labute approximate surface area is 120 Å². The van der Waals surface area contributed by atoms with E-state index in [0.717, 1.165) is 4.57 Å². The summed E-state index contributed by atoms with van der Waals surface area (Å²) < 4.78 is 2.44. The highest BCUT2D eigenvalue weighted by Gasteiger charge is 2.16. The van der Waals surface area contributed by atoms with Gasteiger partial charge in [0.2, 0.25) is 0 Å². The number of nitrogens with one attached hydrogen (secondary N) is 2. The summed E-state index contributed by atoms with van der Waals surface area (Å²) >= 11 is 0. The number of anilines is 2. The van der Waals surface area contributed by atoms with Crippen molar-refractivity contribution in [3.05, 3.63) is 33.0 Å². The number of nitrogens with zero attached hydrogens (tertiary/aromatic N) is 4. The Balaban J connectivity index is 2.42. The van der Waals surface area contributed by atoms with E-state index in [4.69, 9.17) is 5.73 Å². The van der Waals surface area contributed by atoms with Gasteiger partial charge in [0.05, 0.1) is 6.54 Å². The zero-order chi connectivity index (χ0) is 15.6. The molecule has 2 rings (SSSR count). The van der Waals surface area contributed by atoms with Gasteiger partial charge in [0.1, 0.15) is 23.7 Å². The van der Waals surface area contributed by atoms with Crippen LogP contribution in [-0.4, -0.2) is 24.3 Å². The second-order valence-electron chi connectivity index (χ2n) is 5.20. The summed E-state index contributed by atoms with van der Waals surface area (Å²) in [6, 6.07) is 0. The number of aromatic nitrogens is 5. The lowest BCUT2D eigenvalue weighted by atomic mass is 10.2. The molecule has 0 amide bonds. The Morgan fingerprint density at radius 2 is 2.14 bits per heavy atom. The molecule has 9 nitrogen and oxygen atoms in total. The van der Waals surface area contributed by atoms with E-state index in [2.05, 4.69) is 20.5 Å². The lowest BCUT2D eigenvalue weighted by Crippen LogP contribution is -2.41. The highest BCUT2D eigenvalue weighted by atomic mass is 16.2. The number of rotatable bonds is 5. The van der Waals surface area contributed by atoms with E-state index < -0.39 is 11.2 Å². The van der Waals surface area contributed by atoms with Crippen LogP contribution < -0.4 is 22.3 Å². The fraction of sp³-hybridized carbons (Fsp3) is 0.500. The number of aromatic amines is 1. The summed E-state index contributed by atoms with van der Waals surface area (Å²) in [6.45, 7) is 4.65. The summed E-state index contributed by atoms with van der Waals surface area (Å²) in [5, 5.41) is 9.31. The van der Waals surface area contributed by atoms with Crippen LogP contribution in [0.3, 0.4) is 0 Å². The molecule has 0 bridgehead atoms. The molecule has 114 valence electrons. The molecule has 9 heteroatoms. The van der Waals surface area contributed by atoms with Crippen LogP contribution in [0.2, 0.25) is 0 Å². The minimum atomic E-state index is -0.461. The number of hydrogen-bond donors (Lipinski definition) is 3. The van der Waals surface area contributed by atoms with Crippen LogP contribution in [0.5, 0.6) is 0 Å². The zero-order valence-corrected chi connectivity index (χ0v) is 12.3. The number of H-pyrrole nitrogens is 1. The molecule has 0 atom stereocenters. The molecule has 0 saturated heterocycles. The maximum Gasteiger partial charge on any atom is 0.332 e. The van der Waals surface area contributed by atoms with Gasteiger partial charge in [-0.05, 0) is 5.92 Å². The standard InChI is InChI=1S/C12H19N7O2/c1-7(2)5-19-10(13)9(11(20)18(3)12(19)21)14-4-8-15-6-16-17-8/h6-7,14H,4-5,13H2,1-3H3,(H,15,16,17). The molecular formula is C12H19N7O2. The van der Waals surface area contributed by atoms with E-state index in [-0.39, 0.29) is 24.0 Å². The van der Waals surface area contributed by atoms with Crippen LogP contribution in [-0.2, 0) is 20.1 Å². The largest absolute Gasteiger partial charge is 0.383 e. The molecule has 21 heavy (non-hydrogen) atoms. The van der Waals surface area contributed by atoms with Gasteiger partial charge in [-0.15, -0.1) is 0 Å². The molecule has 2 aromatic rings. The Hall–Kier alpha value is -2.58. The molecule has 0 aliphatic rings. The van der Waals surface area contributed by atoms with E-state index in [0.29, 0.717) is 12.4 Å². The monoisotopic (exact) mass is 293 g/mol. The van der Waals surface area contributed by atoms with Gasteiger partial charge < -0.3 is 11.1 Å². The third kappa shape index (κ3) is 2.96. The van der Waals surface area contributed by atoms with Crippen molar-refractivity contribution in [3.63, 3.8) is 0 Å². The Morgan fingerprint density at radius 3 is 2.71 bits per heavy atom. The van der Waals surface area contributed by atoms with Gasteiger partial charge in [0.15, 0.2) is 0 Å². The quantitative estimate of drug-likeness (QED) is 0.683. The van der Waals surface area contributed by atoms with Gasteiger partial charge in [-0.2, -0.15) is 5.10 Å². The van der Waals surface area contributed by atoms with Gasteiger partial charge >= 0.3 is 5.69 Å². The zero-order valence-electron chi connectivity index (χ0n) is 12.3. The van der Waals surface area contributed by atoms with E-state index in [1.165, 1.54) is 17.9 Å². The molecule has 0 radical (unpaired) electrons. The minimum absolute atomic E-state index is 0.135. The van der Waals surface area contributed by atoms with Crippen molar-refractivity contribution in [1.29, 1.82) is 0 Å². The van der Waals surface area contributed by atoms with Crippen molar-refractivity contribution >= 4 is 11.5 Å². The molecule has 0 aliphatic heterocycles. The molecule has 0 unspecified atom stereocenters. The topological polar surface area (TPSA) is 124 Å². The summed E-state index contributed by atoms with van der Waals surface area (Å²) in [5.74, 6) is 0.930. The Kier molecular flexibility index (Phi) is 4.10. The predicted molar refractivity (Wildman–Crippen MR) is 78.9 cm³/mol. The van der Waals surface area contributed by atoms with Crippen LogP contribution in [0.4, 0.5) is 11.5 Å². The van der Waals surface area contributed by atoms with Crippen molar-refractivity contribution in [3.8, 4) is 0 Å². The van der Waals surface area contributed by atoms with Crippen molar-refractivity contribution in [2.45, 2.75) is 26.9 Å². The molecule has 0 aromatic carbocycles. The van der Waals surface area contributed by atoms with Gasteiger partial charge in [0, 0.05) is 13.6 Å². The fourth-order valence-electron chi connectivity index (χ4n) is 1.98. The van der Waals surface area contributed by atoms with E-state index in [1.54, 1.807) is 0 Å². The molecule has 0 fully saturated rings. The lowest BCUT2D eigenvalue weighted by Gasteiger charge is -2.17. The Bertz CT molecular complexity index is 727. The summed E-state index contributed by atoms with van der Waals surface area (Å²) in [5.41, 5.74) is 5.29. The van der Waals surface area contributed by atoms with Gasteiger partial charge in [-0.25, -0.2) is 9.78 Å². The molecule has 0 saturated carbocycles. The van der Waals surface area contributed by atoms with Crippen molar-refractivity contribution in [2.75, 3.05) is 11.1 Å². The smallest absolute Gasteiger partial charge is 0.332 e. The van der Waals surface area contributed by atoms with E-state index >= 15 is 0 Å². The fourth-order valence-corrected chi connectivity index (χ4v) is 1.98. The molecule has 0 aliphatic carbocycles. The summed E-state index contributed by atoms with van der Waals surface area (Å²) in [6.07, 6.45) is 1.37. The first kappa shape index (κ1) is 14.8. The first-order chi connectivity index (χ1) is 9.91. The number of hydrogen-bond acceptors (Lipinski definition) is 6. The van der Waals surface area contributed by atoms with Crippen LogP contribution in [0.1, 0.15) is 19.7 Å². The highest BCUT2D eigenvalue weighted by molar-refractivity contribution is 5.60. The maximum atomic E-state index is 12.2. The first-order valence-corrected chi connectivity index (χ1v) is 6.59. The number of nitrogens with two attached hydrogens (primary N) is 1. The summed E-state index contributed by atoms with van der Waals surface area (Å²) in [7, 11) is 1.43. The average molecular weight is 293 g/mol. The predicted octanol–water partition coefficient (Wildman–Crippen LogP) is -0.485. The molecule has 0 spiro atoms. The highest BCUT2D eigenvalue weighted by Crippen LogP contribution is 2.13. The van der Waals surface area contributed by atoms with Crippen molar-refractivity contribution in [1.82, 2.24) is 24.3 Å². The molecular weight excluding hydrogens is 274 g/mol. The second kappa shape index (κ2) is 5.81. The first-order valence-electron chi connectivity index (χ1n) is 6.59. The Morgan fingerprint density at radius 1 is 1.43 bits per heavy atom. The molecule has 2 heterocycles. The average Bonchev–Trinajstić information content (AvgIpc) is 2.94. The SMILES string of the molecule is CC(C)Cn1c(N)c(NCc2ncn[nH]2)c(=O)n(C)c1=O. The van der Waals surface area contributed by atoms with Crippen LogP contribution in [0.15, 0.2) is 15.9 Å². The normalized spacial score (nSPS) is 11.0. The number of nitrogen functional groups attached to an aromatic ring is 1. The van der Waals surface area contributed by atoms with E-state index in [1.807, 2.05) is 13.8 Å². The van der Waals surface area contributed by atoms with E-state index in [9.17, 15) is 9.59 Å². The van der Waals surface area contributed by atoms with Crippen molar-refractivity contribution < 1.29 is 0 Å². The minimum Gasteiger partial charge on any atom is -0.383 e. The van der Waals surface area contributed by atoms with Gasteiger partial charge in [0.25, 0.3) is 5.56 Å². The van der Waals surface area contributed by atoms with Crippen LogP contribution in [0, 0.1) is 5.92 Å². The van der Waals surface area contributed by atoms with Crippen LogP contribution >= 0.6 is 0 Å². The van der Waals surface area contributed by atoms with Crippen LogP contribution in [0.25, 0.3) is 0 Å². The third-order valence-corrected chi connectivity index (χ3v) is 3.03. The third-order valence-electron chi connectivity index (χ3n) is 3.03.